The highest BCUT2D eigenvalue weighted by molar-refractivity contribution is 6.03. The van der Waals surface area contributed by atoms with E-state index in [0.29, 0.717) is 187 Å². The van der Waals surface area contributed by atoms with Gasteiger partial charge in [-0.3, -0.25) is 57.5 Å². The van der Waals surface area contributed by atoms with E-state index in [4.69, 9.17) is 40.1 Å². The van der Waals surface area contributed by atoms with Gasteiger partial charge in [-0.15, -0.1) is 0 Å². The molecule has 6 atom stereocenters. The van der Waals surface area contributed by atoms with Gasteiger partial charge < -0.3 is 109 Å². The number of hydrogen-bond donors (Lipinski definition) is 19. The van der Waals surface area contributed by atoms with E-state index in [0.717, 1.165) is 57.8 Å². The van der Waals surface area contributed by atoms with Crippen LogP contribution in [0.25, 0.3) is 0 Å². The molecule has 0 aromatic carbocycles. The van der Waals surface area contributed by atoms with E-state index in [9.17, 15) is 29.1 Å². The monoisotopic (exact) mass is 1680 g/mol. The number of carbonyl (C=O) groups excluding carboxylic acids is 12. The zero-order valence-electron chi connectivity index (χ0n) is 71.9. The number of carboxylic acid groups (broad SMARTS) is 1. The Morgan fingerprint density at radius 3 is 0.756 bits per heavy atom. The molecular formula is C86H153N19O14. The maximum Gasteiger partial charge on any atom is 0.326 e. The number of likely N-dealkylation sites (N-methyl/N-ethyl adjacent to an activating group) is 1. The van der Waals surface area contributed by atoms with E-state index in [1.807, 2.05) is 0 Å². The van der Waals surface area contributed by atoms with Gasteiger partial charge in [-0.05, 0) is 245 Å². The first kappa shape index (κ1) is 98.9. The molecule has 33 heteroatoms. The van der Waals surface area contributed by atoms with Crippen molar-refractivity contribution >= 4 is 76.9 Å². The van der Waals surface area contributed by atoms with Gasteiger partial charge in [-0.2, -0.15) is 0 Å². The summed E-state index contributed by atoms with van der Waals surface area (Å²) >= 11 is 0. The second kappa shape index (κ2) is 49.2. The van der Waals surface area contributed by atoms with E-state index in [1.54, 1.807) is 0 Å². The molecule has 0 spiro atoms. The third-order valence-corrected chi connectivity index (χ3v) is 27.0. The van der Waals surface area contributed by atoms with E-state index in [1.165, 1.54) is 11.9 Å². The molecule has 7 rings (SSSR count). The number of nitrogens with one attached hydrogen (secondary N) is 11. The molecule has 33 nitrogen and oxygen atoms in total. The molecule has 26 N–H and O–H groups in total. The third-order valence-electron chi connectivity index (χ3n) is 27.0. The van der Waals surface area contributed by atoms with Gasteiger partial charge in [0, 0.05) is 7.05 Å². The van der Waals surface area contributed by atoms with Crippen LogP contribution in [0.2, 0.25) is 0 Å². The van der Waals surface area contributed by atoms with Crippen molar-refractivity contribution in [1.82, 2.24) is 63.4 Å². The number of nitrogens with two attached hydrogens (primary N) is 7. The maximum absolute atomic E-state index is 15.7. The first-order chi connectivity index (χ1) is 57.1. The van der Waals surface area contributed by atoms with Crippen molar-refractivity contribution in [3.8, 4) is 0 Å². The zero-order chi connectivity index (χ0) is 86.5. The summed E-state index contributed by atoms with van der Waals surface area (Å²) in [6.07, 6.45) is 24.2. The molecule has 12 amide bonds. The molecule has 119 heavy (non-hydrogen) atoms. The molecule has 0 aromatic heterocycles. The fraction of sp³-hybridized carbons (Fsp3) is 0.849. The van der Waals surface area contributed by atoms with E-state index >= 15 is 38.4 Å². The molecule has 7 aliphatic rings. The normalized spacial score (nSPS) is 21.1. The van der Waals surface area contributed by atoms with E-state index in [2.05, 4.69) is 58.5 Å². The molecule has 7 fully saturated rings. The molecule has 0 radical (unpaired) electrons. The smallest absolute Gasteiger partial charge is 0.326 e. The Labute approximate surface area is 706 Å². The Balaban J connectivity index is 1.10. The largest absolute Gasteiger partial charge is 0.480 e. The SMILES string of the molecule is CN(C(=O)C1(NC(=O)C2(NC(=O)[C@H](CCCCN)NC(=O)[C@@H](CCCCN)NC(=O)C3(NC(=O)C4(NC(=O)[C@H](CCCCN)NC(=O)C5(NC(=O)C6(NC(=O)[C@@H](CCCCN)NC(=O)[C@H](CCCCN)NC(=O)C7(N)CCCCC7)CCCCC6)CCCCC5)CCCCC4)CCCCC3)CCCCC2)CCCCC1)[C@H](CCCCN)C(=O)O. The van der Waals surface area contributed by atoms with Crippen LogP contribution >= 0.6 is 0 Å². The Kier molecular flexibility index (Phi) is 40.9. The quantitative estimate of drug-likeness (QED) is 0.0386. The number of unbranched alkanes of at least 4 members (excludes halogenated alkanes) is 6. The first-order valence-electron chi connectivity index (χ1n) is 46.1. The molecule has 676 valence electrons. The van der Waals surface area contributed by atoms with Gasteiger partial charge in [-0.25, -0.2) is 4.79 Å². The first-order valence-corrected chi connectivity index (χ1v) is 46.1. The highest BCUT2D eigenvalue weighted by atomic mass is 16.4. The average Bonchev–Trinajstić information content (AvgIpc) is 0.847. The fourth-order valence-corrected chi connectivity index (χ4v) is 19.4. The van der Waals surface area contributed by atoms with Crippen molar-refractivity contribution < 1.29 is 67.4 Å². The van der Waals surface area contributed by atoms with Gasteiger partial charge in [0.2, 0.25) is 70.9 Å². The fourth-order valence-electron chi connectivity index (χ4n) is 19.4. The molecule has 0 aromatic rings. The van der Waals surface area contributed by atoms with Crippen LogP contribution in [0.15, 0.2) is 0 Å². The summed E-state index contributed by atoms with van der Waals surface area (Å²) in [5.74, 6) is -8.24. The summed E-state index contributed by atoms with van der Waals surface area (Å²) in [7, 11) is 1.45. The van der Waals surface area contributed by atoms with Crippen molar-refractivity contribution in [2.45, 2.75) is 415 Å². The predicted molar refractivity (Wildman–Crippen MR) is 455 cm³/mol. The summed E-state index contributed by atoms with van der Waals surface area (Å²) in [6.45, 7) is 1.92. The van der Waals surface area contributed by atoms with Gasteiger partial charge in [0.25, 0.3) is 0 Å². The van der Waals surface area contributed by atoms with E-state index in [-0.39, 0.29) is 135 Å². The Morgan fingerprint density at radius 2 is 0.487 bits per heavy atom. The summed E-state index contributed by atoms with van der Waals surface area (Å²) in [5.41, 5.74) is 32.0. The minimum absolute atomic E-state index is 0.0946. The lowest BCUT2D eigenvalue weighted by atomic mass is 9.76. The number of aliphatic carboxylic acids is 1. The summed E-state index contributed by atoms with van der Waals surface area (Å²) in [6, 6.07) is -7.04. The van der Waals surface area contributed by atoms with Crippen LogP contribution in [0.3, 0.4) is 0 Å². The lowest BCUT2D eigenvalue weighted by molar-refractivity contribution is -0.154. The molecule has 0 saturated heterocycles. The summed E-state index contributed by atoms with van der Waals surface area (Å²) in [5, 5.41) is 44.1. The summed E-state index contributed by atoms with van der Waals surface area (Å²) < 4.78 is 0. The van der Waals surface area contributed by atoms with Gasteiger partial charge in [0.05, 0.1) is 5.54 Å². The van der Waals surface area contributed by atoms with Crippen LogP contribution < -0.4 is 98.6 Å². The lowest BCUT2D eigenvalue weighted by Crippen LogP contribution is -2.71. The Hall–Kier alpha value is -7.17. The van der Waals surface area contributed by atoms with Crippen LogP contribution in [0.4, 0.5) is 0 Å². The Bertz CT molecular complexity index is 3280. The van der Waals surface area contributed by atoms with Gasteiger partial charge in [0.15, 0.2) is 0 Å². The molecular weight excluding hydrogens is 1520 g/mol. The van der Waals surface area contributed by atoms with Crippen LogP contribution in [-0.2, 0) is 62.3 Å². The third kappa shape index (κ3) is 27.9. The predicted octanol–water partition coefficient (Wildman–Crippen LogP) is 3.67. The van der Waals surface area contributed by atoms with Crippen molar-refractivity contribution in [3.63, 3.8) is 0 Å². The van der Waals surface area contributed by atoms with Crippen LogP contribution in [0, 0.1) is 0 Å². The van der Waals surface area contributed by atoms with E-state index < -0.39 is 152 Å². The number of carboxylic acids is 1. The number of amides is 12. The second-order valence-corrected chi connectivity index (χ2v) is 36.1. The second-order valence-electron chi connectivity index (χ2n) is 36.1. The number of nitrogens with zero attached hydrogens (tertiary/aromatic N) is 1. The van der Waals surface area contributed by atoms with Gasteiger partial charge in [-0.1, -0.05) is 135 Å². The summed E-state index contributed by atoms with van der Waals surface area (Å²) in [4.78, 5) is 195. The van der Waals surface area contributed by atoms with Crippen LogP contribution in [0.5, 0.6) is 0 Å². The topological polar surface area (TPSA) is 560 Å². The highest BCUT2D eigenvalue weighted by Crippen LogP contribution is 2.39. The lowest BCUT2D eigenvalue weighted by Gasteiger charge is -2.44. The zero-order valence-corrected chi connectivity index (χ0v) is 71.9. The van der Waals surface area contributed by atoms with Gasteiger partial charge in [0.1, 0.15) is 69.5 Å². The molecule has 7 aliphatic carbocycles. The average molecular weight is 1680 g/mol. The van der Waals surface area contributed by atoms with Crippen molar-refractivity contribution in [1.29, 1.82) is 0 Å². The number of rotatable bonds is 49. The molecule has 0 unspecified atom stereocenters. The minimum atomic E-state index is -1.58. The number of carbonyl (C=O) groups is 13. The van der Waals surface area contributed by atoms with Gasteiger partial charge >= 0.3 is 5.97 Å². The number of hydrogen-bond acceptors (Lipinski definition) is 20. The van der Waals surface area contributed by atoms with Crippen LogP contribution in [-0.4, -0.2) is 208 Å². The molecule has 0 bridgehead atoms. The molecule has 7 saturated carbocycles. The standard InChI is InChI=1S/C86H153N19O14/c1-105(66(72(111)112)40-14-34-60-92)79(119)86(53-27-8-28-54-86)104-78(118)85(51-25-7-26-52-85)100-70(109)64(38-12-32-58-90)95-68(107)62(36-10-30-56-88)97-74(114)81(43-17-3-18-44-81)102-77(117)84(49-23-6-24-50-84)101-71(110)65(39-13-33-59-91)98-75(115)82(45-19-4-20-46-82)103-76(116)83(47-21-5-22-48-83)99-69(108)63(37-11-31-57-89)94-67(106)61(35-9-29-55-87)96-73(113)80(93)41-15-2-16-42-80/h61-66H,2-60,87-93H2,1H3,(H,94,106)(H,95,107)(H,96,113)(H,97,114)(H,98,115)(H,99,108)(H,100,109)(H,101,110)(H,102,117)(H,103,116)(H,104,118)(H,111,112)/t61-,62+,63+,64-,65-,66+/m0/s1. The maximum atomic E-state index is 15.7. The van der Waals surface area contributed by atoms with Crippen molar-refractivity contribution in [2.24, 2.45) is 40.1 Å². The Morgan fingerprint density at radius 1 is 0.269 bits per heavy atom. The highest BCUT2D eigenvalue weighted by Gasteiger charge is 2.54. The van der Waals surface area contributed by atoms with Crippen molar-refractivity contribution in [3.05, 3.63) is 0 Å². The van der Waals surface area contributed by atoms with Crippen LogP contribution in [0.1, 0.15) is 340 Å². The molecule has 0 heterocycles. The minimum Gasteiger partial charge on any atom is -0.480 e. The van der Waals surface area contributed by atoms with Crippen molar-refractivity contribution in [2.75, 3.05) is 46.3 Å². The molecule has 0 aliphatic heterocycles.